The summed E-state index contributed by atoms with van der Waals surface area (Å²) in [5, 5.41) is 18.6. The van der Waals surface area contributed by atoms with Crippen LogP contribution in [0.3, 0.4) is 0 Å². The van der Waals surface area contributed by atoms with E-state index < -0.39 is 0 Å². The van der Waals surface area contributed by atoms with Gasteiger partial charge < -0.3 is 10.6 Å². The molecule has 0 radical (unpaired) electrons. The van der Waals surface area contributed by atoms with Crippen molar-refractivity contribution >= 4 is 28.3 Å². The number of nitrogens with zero attached hydrogens (tertiary/aromatic N) is 2. The largest absolute Gasteiger partial charge is 0.349 e. The number of aryl methyl sites for hydroxylation is 1. The van der Waals surface area contributed by atoms with Gasteiger partial charge in [-0.15, -0.1) is 10.2 Å². The first-order valence-electron chi connectivity index (χ1n) is 11.6. The highest BCUT2D eigenvalue weighted by molar-refractivity contribution is 7.18. The first-order chi connectivity index (χ1) is 16.7. The van der Waals surface area contributed by atoms with Crippen LogP contribution in [0.1, 0.15) is 31.2 Å². The van der Waals surface area contributed by atoms with E-state index in [9.17, 15) is 9.59 Å². The molecule has 0 spiro atoms. The molecule has 1 fully saturated rings. The highest BCUT2D eigenvalue weighted by atomic mass is 32.1. The van der Waals surface area contributed by atoms with Crippen molar-refractivity contribution in [2.24, 2.45) is 0 Å². The molecule has 2 amide bonds. The van der Waals surface area contributed by atoms with Crippen LogP contribution in [0.4, 0.5) is 5.13 Å². The number of benzene rings is 2. The Morgan fingerprint density at radius 2 is 1.82 bits per heavy atom. The van der Waals surface area contributed by atoms with Gasteiger partial charge in [0.2, 0.25) is 16.9 Å². The summed E-state index contributed by atoms with van der Waals surface area (Å²) in [5.74, 6) is -0.315. The molecule has 0 unspecified atom stereocenters. The zero-order valence-corrected chi connectivity index (χ0v) is 19.8. The fourth-order valence-electron chi connectivity index (χ4n) is 3.86. The zero-order valence-electron chi connectivity index (χ0n) is 18.9. The Kier molecular flexibility index (Phi) is 8.54. The Bertz CT molecular complexity index is 1090. The zero-order chi connectivity index (χ0) is 23.6. The standard InChI is InChI=1S/C26H29N5O2S/c32-23(29-26-31-30-25(34-26)20-11-5-2-6-12-20)17-16-21(15-14-19-9-3-1-4-10-19)28-24(33)22-13-7-8-18-27-22/h1-6,9-12,16-17,21-22,27H,7-8,13-15,18H2,(H,28,33)(H,29,31,32)/t21-,22-/m0/s1. The third-order valence-electron chi connectivity index (χ3n) is 5.70. The maximum absolute atomic E-state index is 12.8. The molecule has 8 heteroatoms. The predicted octanol–water partition coefficient (Wildman–Crippen LogP) is 3.96. The smallest absolute Gasteiger partial charge is 0.249 e. The van der Waals surface area contributed by atoms with Crippen molar-refractivity contribution in [3.63, 3.8) is 0 Å². The van der Waals surface area contributed by atoms with Gasteiger partial charge in [0.15, 0.2) is 0 Å². The second-order valence-corrected chi connectivity index (χ2v) is 9.25. The Balaban J connectivity index is 1.37. The molecular formula is C26H29N5O2S. The number of hydrogen-bond donors (Lipinski definition) is 3. The Hall–Kier alpha value is -3.36. The van der Waals surface area contributed by atoms with Gasteiger partial charge in [-0.3, -0.25) is 14.9 Å². The third kappa shape index (κ3) is 7.07. The van der Waals surface area contributed by atoms with Crippen LogP contribution in [0.5, 0.6) is 0 Å². The Morgan fingerprint density at radius 3 is 2.56 bits per heavy atom. The van der Waals surface area contributed by atoms with E-state index in [0.29, 0.717) is 11.6 Å². The first-order valence-corrected chi connectivity index (χ1v) is 12.4. The maximum Gasteiger partial charge on any atom is 0.249 e. The Morgan fingerprint density at radius 1 is 1.06 bits per heavy atom. The number of aromatic nitrogens is 2. The molecule has 0 saturated carbocycles. The average Bonchev–Trinajstić information content (AvgIpc) is 3.35. The van der Waals surface area contributed by atoms with E-state index in [1.165, 1.54) is 23.0 Å². The maximum atomic E-state index is 12.8. The molecule has 0 bridgehead atoms. The number of carbonyl (C=O) groups excluding carboxylic acids is 2. The summed E-state index contributed by atoms with van der Waals surface area (Å²) < 4.78 is 0. The van der Waals surface area contributed by atoms with Gasteiger partial charge in [-0.05, 0) is 37.8 Å². The van der Waals surface area contributed by atoms with E-state index in [0.717, 1.165) is 42.8 Å². The van der Waals surface area contributed by atoms with Gasteiger partial charge in [-0.25, -0.2) is 0 Å². The van der Waals surface area contributed by atoms with E-state index in [2.05, 4.69) is 38.3 Å². The third-order valence-corrected chi connectivity index (χ3v) is 6.58. The molecule has 176 valence electrons. The van der Waals surface area contributed by atoms with Crippen LogP contribution in [0.15, 0.2) is 72.8 Å². The molecule has 0 aliphatic carbocycles. The molecule has 1 aliphatic rings. The summed E-state index contributed by atoms with van der Waals surface area (Å²) in [5.41, 5.74) is 2.15. The molecule has 7 nitrogen and oxygen atoms in total. The van der Waals surface area contributed by atoms with Crippen molar-refractivity contribution in [1.29, 1.82) is 0 Å². The minimum atomic E-state index is -0.300. The number of nitrogens with one attached hydrogen (secondary N) is 3. The van der Waals surface area contributed by atoms with Crippen LogP contribution in [0.2, 0.25) is 0 Å². The van der Waals surface area contributed by atoms with Crippen molar-refractivity contribution in [2.45, 2.75) is 44.2 Å². The van der Waals surface area contributed by atoms with Crippen molar-refractivity contribution in [1.82, 2.24) is 20.8 Å². The highest BCUT2D eigenvalue weighted by Crippen LogP contribution is 2.25. The fourth-order valence-corrected chi connectivity index (χ4v) is 4.62. The highest BCUT2D eigenvalue weighted by Gasteiger charge is 2.22. The molecular weight excluding hydrogens is 446 g/mol. The molecule has 4 rings (SSSR count). The summed E-state index contributed by atoms with van der Waals surface area (Å²) in [6.07, 6.45) is 7.70. The number of amides is 2. The molecule has 1 aromatic heterocycles. The number of rotatable bonds is 9. The molecule has 2 aromatic carbocycles. The van der Waals surface area contributed by atoms with Gasteiger partial charge >= 0.3 is 0 Å². The van der Waals surface area contributed by atoms with E-state index in [1.54, 1.807) is 6.08 Å². The summed E-state index contributed by atoms with van der Waals surface area (Å²) in [6, 6.07) is 19.4. The van der Waals surface area contributed by atoms with Gasteiger partial charge in [0, 0.05) is 17.7 Å². The van der Waals surface area contributed by atoms with Crippen molar-refractivity contribution in [3.8, 4) is 10.6 Å². The quantitative estimate of drug-likeness (QED) is 0.407. The number of carbonyl (C=O) groups is 2. The second-order valence-electron chi connectivity index (χ2n) is 8.27. The van der Waals surface area contributed by atoms with E-state index >= 15 is 0 Å². The minimum absolute atomic E-state index is 0.0144. The van der Waals surface area contributed by atoms with Crippen LogP contribution in [-0.4, -0.2) is 40.6 Å². The molecule has 2 atom stereocenters. The number of anilines is 1. The van der Waals surface area contributed by atoms with Crippen LogP contribution < -0.4 is 16.0 Å². The lowest BCUT2D eigenvalue weighted by Crippen LogP contribution is -2.49. The Labute approximate surface area is 203 Å². The van der Waals surface area contributed by atoms with Crippen molar-refractivity contribution in [2.75, 3.05) is 11.9 Å². The lowest BCUT2D eigenvalue weighted by atomic mass is 10.0. The van der Waals surface area contributed by atoms with Gasteiger partial charge in [0.25, 0.3) is 0 Å². The van der Waals surface area contributed by atoms with E-state index in [1.807, 2.05) is 48.5 Å². The van der Waals surface area contributed by atoms with Gasteiger partial charge in [-0.2, -0.15) is 0 Å². The van der Waals surface area contributed by atoms with Crippen LogP contribution in [-0.2, 0) is 16.0 Å². The average molecular weight is 476 g/mol. The monoisotopic (exact) mass is 475 g/mol. The minimum Gasteiger partial charge on any atom is -0.349 e. The SMILES string of the molecule is O=C(C=C[C@H](CCc1ccccc1)NC(=O)[C@@H]1CCCCN1)Nc1nnc(-c2ccccc2)s1. The number of piperidine rings is 1. The van der Waals surface area contributed by atoms with E-state index in [-0.39, 0.29) is 23.9 Å². The van der Waals surface area contributed by atoms with Crippen molar-refractivity contribution < 1.29 is 9.59 Å². The summed E-state index contributed by atoms with van der Waals surface area (Å²) in [4.78, 5) is 25.3. The molecule has 1 aliphatic heterocycles. The normalized spacial score (nSPS) is 16.8. The summed E-state index contributed by atoms with van der Waals surface area (Å²) >= 11 is 1.32. The molecule has 3 N–H and O–H groups in total. The molecule has 3 aromatic rings. The second kappa shape index (κ2) is 12.2. The summed E-state index contributed by atoms with van der Waals surface area (Å²) in [7, 11) is 0. The lowest BCUT2D eigenvalue weighted by molar-refractivity contribution is -0.124. The lowest BCUT2D eigenvalue weighted by Gasteiger charge is -2.25. The van der Waals surface area contributed by atoms with E-state index in [4.69, 9.17) is 0 Å². The van der Waals surface area contributed by atoms with Crippen molar-refractivity contribution in [3.05, 3.63) is 78.4 Å². The predicted molar refractivity (Wildman–Crippen MR) is 135 cm³/mol. The van der Waals surface area contributed by atoms with Crippen LogP contribution in [0.25, 0.3) is 10.6 Å². The van der Waals surface area contributed by atoms with Gasteiger partial charge in [0.1, 0.15) is 5.01 Å². The molecule has 1 saturated heterocycles. The first kappa shape index (κ1) is 23.8. The molecule has 2 heterocycles. The fraction of sp³-hybridized carbons (Fsp3) is 0.308. The molecule has 34 heavy (non-hydrogen) atoms. The van der Waals surface area contributed by atoms with Gasteiger partial charge in [-0.1, -0.05) is 84.5 Å². The topological polar surface area (TPSA) is 96.0 Å². The number of hydrogen-bond acceptors (Lipinski definition) is 6. The van der Waals surface area contributed by atoms with Crippen LogP contribution >= 0.6 is 11.3 Å². The summed E-state index contributed by atoms with van der Waals surface area (Å²) in [6.45, 7) is 0.859. The van der Waals surface area contributed by atoms with Crippen LogP contribution in [0, 0.1) is 0 Å². The van der Waals surface area contributed by atoms with Gasteiger partial charge in [0.05, 0.1) is 6.04 Å².